The number of halogens is 3. The van der Waals surface area contributed by atoms with E-state index in [9.17, 15) is 0 Å². The zero-order valence-corrected chi connectivity index (χ0v) is 15.0. The molecule has 1 aromatic heterocycles. The van der Waals surface area contributed by atoms with Gasteiger partial charge in [-0.1, -0.05) is 29.3 Å². The minimum atomic E-state index is -0.0522. The van der Waals surface area contributed by atoms with Gasteiger partial charge in [0.25, 0.3) is 0 Å². The molecule has 0 unspecified atom stereocenters. The molecule has 8 heteroatoms. The molecule has 2 heterocycles. The molecule has 0 saturated carbocycles. The largest absolute Gasteiger partial charge is 0.372 e. The van der Waals surface area contributed by atoms with E-state index in [-0.39, 0.29) is 24.4 Å². The van der Waals surface area contributed by atoms with Gasteiger partial charge < -0.3 is 10.1 Å². The van der Waals surface area contributed by atoms with E-state index >= 15 is 0 Å². The van der Waals surface area contributed by atoms with Crippen LogP contribution in [-0.4, -0.2) is 34.9 Å². The van der Waals surface area contributed by atoms with Crippen molar-refractivity contribution in [3.8, 4) is 0 Å². The zero-order valence-electron chi connectivity index (χ0n) is 12.7. The fourth-order valence-corrected chi connectivity index (χ4v) is 3.05. The van der Waals surface area contributed by atoms with E-state index in [4.69, 9.17) is 27.9 Å². The van der Waals surface area contributed by atoms with Crippen LogP contribution < -0.4 is 5.32 Å². The molecule has 5 nitrogen and oxygen atoms in total. The summed E-state index contributed by atoms with van der Waals surface area (Å²) in [4.78, 5) is 4.40. The predicted molar refractivity (Wildman–Crippen MR) is 93.6 cm³/mol. The van der Waals surface area contributed by atoms with Crippen molar-refractivity contribution in [2.45, 2.75) is 19.4 Å². The molecule has 1 fully saturated rings. The van der Waals surface area contributed by atoms with Gasteiger partial charge in [0.15, 0.2) is 5.82 Å². The molecular formula is C15H19Cl3N4O. The lowest BCUT2D eigenvalue weighted by molar-refractivity contribution is 0.0301. The first-order valence-electron chi connectivity index (χ1n) is 7.28. The van der Waals surface area contributed by atoms with Crippen LogP contribution in [0.25, 0.3) is 0 Å². The van der Waals surface area contributed by atoms with Crippen molar-refractivity contribution in [1.29, 1.82) is 0 Å². The van der Waals surface area contributed by atoms with Crippen LogP contribution in [0.5, 0.6) is 0 Å². The normalized spacial score (nSPS) is 21.5. The van der Waals surface area contributed by atoms with Crippen LogP contribution in [0.15, 0.2) is 18.2 Å². The molecule has 2 atom stereocenters. The van der Waals surface area contributed by atoms with Gasteiger partial charge in [-0.3, -0.25) is 5.10 Å². The molecule has 0 spiro atoms. The summed E-state index contributed by atoms with van der Waals surface area (Å²) in [5.41, 5.74) is 1.04. The number of aromatic amines is 1. The van der Waals surface area contributed by atoms with Gasteiger partial charge in [0, 0.05) is 25.4 Å². The third kappa shape index (κ3) is 4.58. The molecule has 0 bridgehead atoms. The van der Waals surface area contributed by atoms with E-state index in [1.807, 2.05) is 25.1 Å². The van der Waals surface area contributed by atoms with Gasteiger partial charge in [-0.05, 0) is 24.6 Å². The number of benzene rings is 1. The van der Waals surface area contributed by atoms with Gasteiger partial charge in [0.05, 0.1) is 22.8 Å². The molecule has 0 radical (unpaired) electrons. The lowest BCUT2D eigenvalue weighted by Crippen LogP contribution is -2.26. The molecule has 2 N–H and O–H groups in total. The Morgan fingerprint density at radius 2 is 2.13 bits per heavy atom. The van der Waals surface area contributed by atoms with E-state index in [0.717, 1.165) is 36.7 Å². The maximum Gasteiger partial charge on any atom is 0.151 e. The molecular weight excluding hydrogens is 359 g/mol. The molecule has 0 amide bonds. The summed E-state index contributed by atoms with van der Waals surface area (Å²) in [5, 5.41) is 11.6. The maximum atomic E-state index is 6.15. The number of hydrogen-bond donors (Lipinski definition) is 2. The number of rotatable bonds is 3. The number of hydrogen-bond acceptors (Lipinski definition) is 4. The van der Waals surface area contributed by atoms with Crippen LogP contribution in [0.3, 0.4) is 0 Å². The molecule has 1 aromatic carbocycles. The van der Waals surface area contributed by atoms with Gasteiger partial charge in [-0.25, -0.2) is 4.98 Å². The van der Waals surface area contributed by atoms with Crippen LogP contribution in [0.1, 0.15) is 23.3 Å². The fourth-order valence-electron chi connectivity index (χ4n) is 2.74. The van der Waals surface area contributed by atoms with Crippen LogP contribution in [0.4, 0.5) is 0 Å². The number of nitrogens with zero attached hydrogens (tertiary/aromatic N) is 2. The van der Waals surface area contributed by atoms with Crippen molar-refractivity contribution in [2.75, 3.05) is 19.7 Å². The quantitative estimate of drug-likeness (QED) is 0.861. The first-order chi connectivity index (χ1) is 10.6. The highest BCUT2D eigenvalue weighted by atomic mass is 35.5. The third-order valence-electron chi connectivity index (χ3n) is 3.77. The van der Waals surface area contributed by atoms with Gasteiger partial charge in [-0.15, -0.1) is 12.4 Å². The second-order valence-electron chi connectivity index (χ2n) is 5.47. The number of ether oxygens (including phenoxy) is 1. The van der Waals surface area contributed by atoms with E-state index < -0.39 is 0 Å². The molecule has 126 valence electrons. The summed E-state index contributed by atoms with van der Waals surface area (Å²) < 4.78 is 6.05. The molecule has 3 rings (SSSR count). The highest BCUT2D eigenvalue weighted by Gasteiger charge is 2.28. The fraction of sp³-hybridized carbons (Fsp3) is 0.467. The minimum Gasteiger partial charge on any atom is -0.372 e. The molecule has 1 saturated heterocycles. The zero-order chi connectivity index (χ0) is 15.5. The number of nitrogens with one attached hydrogen (secondary N) is 2. The Morgan fingerprint density at radius 3 is 2.83 bits per heavy atom. The van der Waals surface area contributed by atoms with Crippen molar-refractivity contribution in [2.24, 2.45) is 5.92 Å². The van der Waals surface area contributed by atoms with E-state index in [1.54, 1.807) is 0 Å². The SMILES string of the molecule is Cc1nc(C[C@@H]2CNCCO[C@H]2c2ccc(Cl)c(Cl)c2)n[nH]1.Cl. The summed E-state index contributed by atoms with van der Waals surface area (Å²) in [6.07, 6.45) is 0.686. The van der Waals surface area contributed by atoms with Crippen molar-refractivity contribution < 1.29 is 4.74 Å². The summed E-state index contributed by atoms with van der Waals surface area (Å²) in [7, 11) is 0. The van der Waals surface area contributed by atoms with Crippen LogP contribution >= 0.6 is 35.6 Å². The Hall–Kier alpha value is -0.850. The van der Waals surface area contributed by atoms with E-state index in [0.29, 0.717) is 16.7 Å². The molecule has 0 aliphatic carbocycles. The highest BCUT2D eigenvalue weighted by molar-refractivity contribution is 6.42. The monoisotopic (exact) mass is 376 g/mol. The minimum absolute atomic E-state index is 0. The summed E-state index contributed by atoms with van der Waals surface area (Å²) in [6, 6.07) is 5.67. The Kier molecular flexibility index (Phi) is 6.68. The van der Waals surface area contributed by atoms with Crippen LogP contribution in [0.2, 0.25) is 10.0 Å². The van der Waals surface area contributed by atoms with Crippen molar-refractivity contribution in [1.82, 2.24) is 20.5 Å². The van der Waals surface area contributed by atoms with Crippen molar-refractivity contribution >= 4 is 35.6 Å². The standard InChI is InChI=1S/C15H18Cl2N4O.ClH/c1-9-19-14(21-20-9)7-11-8-18-4-5-22-15(11)10-2-3-12(16)13(17)6-10;/h2-3,6,11,15,18H,4-5,7-8H2,1H3,(H,19,20,21);1H/t11-,15+;/m1./s1. The average Bonchev–Trinajstić information content (AvgIpc) is 2.76. The molecule has 1 aliphatic rings. The van der Waals surface area contributed by atoms with Gasteiger partial charge in [0.2, 0.25) is 0 Å². The van der Waals surface area contributed by atoms with Gasteiger partial charge in [-0.2, -0.15) is 5.10 Å². The average molecular weight is 378 g/mol. The Balaban J connectivity index is 0.00000192. The second kappa shape index (κ2) is 8.31. The predicted octanol–water partition coefficient (Wildman–Crippen LogP) is 3.36. The van der Waals surface area contributed by atoms with Crippen LogP contribution in [-0.2, 0) is 11.2 Å². The molecule has 1 aliphatic heterocycles. The summed E-state index contributed by atoms with van der Waals surface area (Å²) in [6.45, 7) is 4.24. The van der Waals surface area contributed by atoms with Crippen molar-refractivity contribution in [3.63, 3.8) is 0 Å². The van der Waals surface area contributed by atoms with E-state index in [1.165, 1.54) is 0 Å². The number of H-pyrrole nitrogens is 1. The second-order valence-corrected chi connectivity index (χ2v) is 6.28. The Labute approximate surface area is 151 Å². The molecule has 23 heavy (non-hydrogen) atoms. The topological polar surface area (TPSA) is 62.8 Å². The highest BCUT2D eigenvalue weighted by Crippen LogP contribution is 2.33. The first-order valence-corrected chi connectivity index (χ1v) is 8.04. The lowest BCUT2D eigenvalue weighted by Gasteiger charge is -2.24. The summed E-state index contributed by atoms with van der Waals surface area (Å²) in [5.74, 6) is 1.86. The van der Waals surface area contributed by atoms with Crippen molar-refractivity contribution in [3.05, 3.63) is 45.5 Å². The lowest BCUT2D eigenvalue weighted by atomic mass is 9.92. The maximum absolute atomic E-state index is 6.15. The van der Waals surface area contributed by atoms with Gasteiger partial charge >= 0.3 is 0 Å². The Bertz CT molecular complexity index is 649. The Morgan fingerprint density at radius 1 is 1.30 bits per heavy atom. The van der Waals surface area contributed by atoms with Crippen LogP contribution in [0, 0.1) is 12.8 Å². The first kappa shape index (κ1) is 18.5. The van der Waals surface area contributed by atoms with Gasteiger partial charge in [0.1, 0.15) is 5.82 Å². The summed E-state index contributed by atoms with van der Waals surface area (Å²) >= 11 is 12.2. The molecule has 2 aromatic rings. The van der Waals surface area contributed by atoms with E-state index in [2.05, 4.69) is 20.5 Å². The number of aromatic nitrogens is 3. The smallest absolute Gasteiger partial charge is 0.151 e. The number of aryl methyl sites for hydroxylation is 1. The third-order valence-corrected chi connectivity index (χ3v) is 4.51.